The van der Waals surface area contributed by atoms with Crippen molar-refractivity contribution >= 4 is 17.1 Å². The Balaban J connectivity index is 2.71. The number of carbonyl (C=O) groups is 1. The maximum absolute atomic E-state index is 10.3. The number of benzene rings is 1. The number of rotatable bonds is 2. The van der Waals surface area contributed by atoms with Crippen LogP contribution < -0.4 is 0 Å². The number of aryl methyl sites for hydroxylation is 1. The van der Waals surface area contributed by atoms with Crippen LogP contribution in [0.4, 0.5) is 4.79 Å². The van der Waals surface area contributed by atoms with Gasteiger partial charge in [0.25, 0.3) is 0 Å². The van der Waals surface area contributed by atoms with Crippen molar-refractivity contribution in [1.29, 1.82) is 0 Å². The van der Waals surface area contributed by atoms with E-state index in [1.165, 1.54) is 5.56 Å². The molecule has 64 valence electrons. The van der Waals surface area contributed by atoms with Crippen LogP contribution in [0.3, 0.4) is 0 Å². The highest BCUT2D eigenvalue weighted by Crippen LogP contribution is 2.18. The lowest BCUT2D eigenvalue weighted by Gasteiger charge is -1.97. The molecule has 0 aliphatic heterocycles. The third-order valence-corrected chi connectivity index (χ3v) is 2.22. The van der Waals surface area contributed by atoms with Crippen LogP contribution in [-0.4, -0.2) is 10.4 Å². The largest absolute Gasteiger partial charge is 0.473 e. The molecule has 1 aromatic rings. The van der Waals surface area contributed by atoms with Crippen molar-refractivity contribution in [3.8, 4) is 0 Å². The van der Waals surface area contributed by atoms with Crippen molar-refractivity contribution in [3.05, 3.63) is 29.8 Å². The zero-order valence-electron chi connectivity index (χ0n) is 6.78. The van der Waals surface area contributed by atoms with Crippen molar-refractivity contribution in [2.24, 2.45) is 0 Å². The Kier molecular flexibility index (Phi) is 3.17. The van der Waals surface area contributed by atoms with Gasteiger partial charge < -0.3 is 5.11 Å². The van der Waals surface area contributed by atoms with Crippen LogP contribution in [0.2, 0.25) is 0 Å². The number of hydrogen-bond donors (Lipinski definition) is 1. The fraction of sp³-hybridized carbons (Fsp3) is 0.222. The predicted octanol–water partition coefficient (Wildman–Crippen LogP) is 3.02. The summed E-state index contributed by atoms with van der Waals surface area (Å²) in [5.41, 5.74) is 1.23. The Morgan fingerprint density at radius 2 is 2.00 bits per heavy atom. The van der Waals surface area contributed by atoms with Crippen LogP contribution >= 0.6 is 11.8 Å². The summed E-state index contributed by atoms with van der Waals surface area (Å²) in [6, 6.07) is 7.56. The van der Waals surface area contributed by atoms with E-state index < -0.39 is 5.30 Å². The summed E-state index contributed by atoms with van der Waals surface area (Å²) in [4.78, 5) is 11.1. The Morgan fingerprint density at radius 3 is 2.42 bits per heavy atom. The summed E-state index contributed by atoms with van der Waals surface area (Å²) in [5.74, 6) is 0. The van der Waals surface area contributed by atoms with Gasteiger partial charge in [0.05, 0.1) is 0 Å². The molecule has 0 unspecified atom stereocenters. The van der Waals surface area contributed by atoms with Crippen molar-refractivity contribution in [3.63, 3.8) is 0 Å². The second kappa shape index (κ2) is 4.16. The molecule has 0 atom stereocenters. The van der Waals surface area contributed by atoms with Gasteiger partial charge in [-0.2, -0.15) is 0 Å². The average Bonchev–Trinajstić information content (AvgIpc) is 2.05. The fourth-order valence-corrected chi connectivity index (χ4v) is 1.37. The molecule has 0 bridgehead atoms. The lowest BCUT2D eigenvalue weighted by Crippen LogP contribution is -1.84. The smallest absolute Gasteiger partial charge is 0.369 e. The van der Waals surface area contributed by atoms with Crippen molar-refractivity contribution in [2.45, 2.75) is 18.2 Å². The summed E-state index contributed by atoms with van der Waals surface area (Å²) in [6.07, 6.45) is 0.984. The minimum atomic E-state index is -0.862. The fourth-order valence-electron chi connectivity index (χ4n) is 0.894. The highest BCUT2D eigenvalue weighted by Gasteiger charge is 1.99. The Labute approximate surface area is 75.6 Å². The topological polar surface area (TPSA) is 37.3 Å². The summed E-state index contributed by atoms with van der Waals surface area (Å²) in [5, 5.41) is 7.59. The average molecular weight is 182 g/mol. The van der Waals surface area contributed by atoms with Gasteiger partial charge in [0.15, 0.2) is 0 Å². The van der Waals surface area contributed by atoms with Gasteiger partial charge in [0.1, 0.15) is 0 Å². The normalized spacial score (nSPS) is 9.75. The predicted molar refractivity (Wildman–Crippen MR) is 49.7 cm³/mol. The molecule has 0 spiro atoms. The van der Waals surface area contributed by atoms with Gasteiger partial charge in [-0.15, -0.1) is 0 Å². The third kappa shape index (κ3) is 2.58. The minimum absolute atomic E-state index is 0.778. The highest BCUT2D eigenvalue weighted by molar-refractivity contribution is 8.13. The van der Waals surface area contributed by atoms with Gasteiger partial charge in [0, 0.05) is 4.90 Å². The number of carboxylic acid groups (broad SMARTS) is 1. The number of hydrogen-bond acceptors (Lipinski definition) is 2. The first-order valence-electron chi connectivity index (χ1n) is 3.72. The molecule has 0 radical (unpaired) electrons. The molecule has 0 saturated carbocycles. The molecule has 0 aromatic heterocycles. The van der Waals surface area contributed by atoms with Gasteiger partial charge in [-0.05, 0) is 35.9 Å². The first kappa shape index (κ1) is 9.13. The SMILES string of the molecule is CCc1ccc(SC(=O)O)cc1. The molecule has 0 aliphatic rings. The lowest BCUT2D eigenvalue weighted by molar-refractivity contribution is 0.222. The Hall–Kier alpha value is -0.960. The third-order valence-electron chi connectivity index (χ3n) is 1.54. The van der Waals surface area contributed by atoms with Crippen molar-refractivity contribution < 1.29 is 9.90 Å². The Morgan fingerprint density at radius 1 is 1.42 bits per heavy atom. The maximum atomic E-state index is 10.3. The van der Waals surface area contributed by atoms with E-state index in [0.29, 0.717) is 0 Å². The Bertz CT molecular complexity index is 266. The van der Waals surface area contributed by atoms with E-state index in [9.17, 15) is 4.79 Å². The highest BCUT2D eigenvalue weighted by atomic mass is 32.2. The van der Waals surface area contributed by atoms with Crippen molar-refractivity contribution in [1.82, 2.24) is 0 Å². The molecule has 0 fully saturated rings. The van der Waals surface area contributed by atoms with Gasteiger partial charge in [-0.3, -0.25) is 0 Å². The molecule has 0 heterocycles. The van der Waals surface area contributed by atoms with Crippen LogP contribution in [0.1, 0.15) is 12.5 Å². The monoisotopic (exact) mass is 182 g/mol. The first-order valence-corrected chi connectivity index (χ1v) is 4.53. The molecular weight excluding hydrogens is 172 g/mol. The van der Waals surface area contributed by atoms with E-state index >= 15 is 0 Å². The molecule has 1 N–H and O–H groups in total. The van der Waals surface area contributed by atoms with E-state index in [1.807, 2.05) is 24.3 Å². The lowest BCUT2D eigenvalue weighted by atomic mass is 10.2. The van der Waals surface area contributed by atoms with Gasteiger partial charge in [0.2, 0.25) is 0 Å². The summed E-state index contributed by atoms with van der Waals surface area (Å²) < 4.78 is 0. The van der Waals surface area contributed by atoms with Crippen molar-refractivity contribution in [2.75, 3.05) is 0 Å². The van der Waals surface area contributed by atoms with Gasteiger partial charge >= 0.3 is 5.30 Å². The first-order chi connectivity index (χ1) is 5.72. The van der Waals surface area contributed by atoms with Crippen LogP contribution in [-0.2, 0) is 6.42 Å². The van der Waals surface area contributed by atoms with E-state index in [2.05, 4.69) is 6.92 Å². The second-order valence-electron chi connectivity index (χ2n) is 2.37. The van der Waals surface area contributed by atoms with Crippen LogP contribution in [0.25, 0.3) is 0 Å². The summed E-state index contributed by atoms with van der Waals surface area (Å²) >= 11 is 0.834. The molecule has 0 aliphatic carbocycles. The maximum Gasteiger partial charge on any atom is 0.369 e. The van der Waals surface area contributed by atoms with E-state index in [0.717, 1.165) is 23.1 Å². The molecule has 12 heavy (non-hydrogen) atoms. The van der Waals surface area contributed by atoms with E-state index in [1.54, 1.807) is 0 Å². The zero-order valence-corrected chi connectivity index (χ0v) is 7.60. The summed E-state index contributed by atoms with van der Waals surface area (Å²) in [6.45, 7) is 2.07. The molecule has 0 saturated heterocycles. The molecule has 1 rings (SSSR count). The van der Waals surface area contributed by atoms with E-state index in [4.69, 9.17) is 5.11 Å². The van der Waals surface area contributed by atoms with Crippen LogP contribution in [0.5, 0.6) is 0 Å². The summed E-state index contributed by atoms with van der Waals surface area (Å²) in [7, 11) is 0. The molecule has 1 aromatic carbocycles. The molecular formula is C9H10O2S. The standard InChI is InChI=1S/C9H10O2S/c1-2-7-3-5-8(6-4-7)12-9(10)11/h3-6H,2H2,1H3,(H,10,11). The van der Waals surface area contributed by atoms with E-state index in [-0.39, 0.29) is 0 Å². The second-order valence-corrected chi connectivity index (χ2v) is 3.39. The molecule has 0 amide bonds. The quantitative estimate of drug-likeness (QED) is 0.714. The molecule has 3 heteroatoms. The number of thioether (sulfide) groups is 1. The van der Waals surface area contributed by atoms with Gasteiger partial charge in [-0.1, -0.05) is 19.1 Å². The van der Waals surface area contributed by atoms with Crippen LogP contribution in [0, 0.1) is 0 Å². The molecule has 2 nitrogen and oxygen atoms in total. The zero-order chi connectivity index (χ0) is 8.97. The van der Waals surface area contributed by atoms with Crippen LogP contribution in [0.15, 0.2) is 29.2 Å². The minimum Gasteiger partial charge on any atom is -0.473 e. The van der Waals surface area contributed by atoms with Gasteiger partial charge in [-0.25, -0.2) is 4.79 Å².